The number of ether oxygens (including phenoxy) is 1. The zero-order valence-electron chi connectivity index (χ0n) is 9.21. The Morgan fingerprint density at radius 3 is 1.79 bits per heavy atom. The summed E-state index contributed by atoms with van der Waals surface area (Å²) in [6.45, 7) is 2.83. The van der Waals surface area contributed by atoms with Gasteiger partial charge in [0.05, 0.1) is 26.8 Å². The Balaban J connectivity index is 3.50. The summed E-state index contributed by atoms with van der Waals surface area (Å²) in [5.41, 5.74) is 0.394. The molecule has 19 heavy (non-hydrogen) atoms. The van der Waals surface area contributed by atoms with Crippen molar-refractivity contribution in [2.75, 3.05) is 0 Å². The SMILES string of the molecule is C=C(F)C(=O)Oc1c(CCl)c(Cl)c(Cl)c(Cl)c1CCl. The van der Waals surface area contributed by atoms with Crippen LogP contribution in [-0.2, 0) is 16.6 Å². The van der Waals surface area contributed by atoms with E-state index in [1.165, 1.54) is 0 Å². The van der Waals surface area contributed by atoms with E-state index in [0.717, 1.165) is 0 Å². The third-order valence-electron chi connectivity index (χ3n) is 2.15. The molecule has 0 unspecified atom stereocenters. The molecule has 0 atom stereocenters. The van der Waals surface area contributed by atoms with Gasteiger partial charge in [0.2, 0.25) is 5.83 Å². The average Bonchev–Trinajstić information content (AvgIpc) is 2.37. The van der Waals surface area contributed by atoms with Gasteiger partial charge in [0, 0.05) is 11.1 Å². The van der Waals surface area contributed by atoms with Gasteiger partial charge in [0.25, 0.3) is 0 Å². The predicted molar refractivity (Wildman–Crippen MR) is 76.5 cm³/mol. The van der Waals surface area contributed by atoms with Crippen LogP contribution in [-0.4, -0.2) is 5.97 Å². The van der Waals surface area contributed by atoms with Crippen LogP contribution in [0.3, 0.4) is 0 Å². The van der Waals surface area contributed by atoms with Crippen molar-refractivity contribution in [3.8, 4) is 5.75 Å². The summed E-state index contributed by atoms with van der Waals surface area (Å²) in [5.74, 6) is -2.91. The van der Waals surface area contributed by atoms with Crippen molar-refractivity contribution >= 4 is 64.0 Å². The van der Waals surface area contributed by atoms with Crippen molar-refractivity contribution in [1.82, 2.24) is 0 Å². The second-order valence-corrected chi connectivity index (χ2v) is 4.96. The minimum atomic E-state index is -1.29. The number of carbonyl (C=O) groups excluding carboxylic acids is 1. The highest BCUT2D eigenvalue weighted by atomic mass is 35.5. The number of rotatable bonds is 4. The molecule has 0 aliphatic heterocycles. The van der Waals surface area contributed by atoms with Gasteiger partial charge in [-0.2, -0.15) is 4.39 Å². The zero-order valence-corrected chi connectivity index (χ0v) is 13.0. The molecule has 0 amide bonds. The fourth-order valence-corrected chi connectivity index (χ4v) is 2.67. The quantitative estimate of drug-likeness (QED) is 0.231. The standard InChI is InChI=1S/C11H6Cl5FO2/c1-4(17)11(18)19-10-5(2-12)7(14)9(16)8(15)6(10)3-13/h1-3H2. The monoisotopic (exact) mass is 364 g/mol. The first kappa shape index (κ1) is 16.9. The van der Waals surface area contributed by atoms with Crippen LogP contribution < -0.4 is 4.74 Å². The van der Waals surface area contributed by atoms with Crippen molar-refractivity contribution in [2.45, 2.75) is 11.8 Å². The van der Waals surface area contributed by atoms with Gasteiger partial charge >= 0.3 is 5.97 Å². The van der Waals surface area contributed by atoms with Crippen LogP contribution in [0.4, 0.5) is 4.39 Å². The van der Waals surface area contributed by atoms with Gasteiger partial charge in [-0.1, -0.05) is 41.4 Å². The maximum Gasteiger partial charge on any atom is 0.371 e. The normalized spacial score (nSPS) is 10.4. The van der Waals surface area contributed by atoms with Crippen LogP contribution in [0.5, 0.6) is 5.75 Å². The molecule has 0 fully saturated rings. The molecule has 0 spiro atoms. The number of hydrogen-bond donors (Lipinski definition) is 0. The lowest BCUT2D eigenvalue weighted by atomic mass is 10.1. The lowest BCUT2D eigenvalue weighted by Crippen LogP contribution is -2.11. The van der Waals surface area contributed by atoms with E-state index in [4.69, 9.17) is 62.7 Å². The molecular weight excluding hydrogens is 360 g/mol. The Morgan fingerprint density at radius 2 is 1.47 bits per heavy atom. The van der Waals surface area contributed by atoms with Crippen LogP contribution in [0, 0.1) is 0 Å². The maximum atomic E-state index is 12.7. The molecule has 0 N–H and O–H groups in total. The summed E-state index contributed by atoms with van der Waals surface area (Å²) in [5, 5.41) is 0.0686. The Labute approximate surface area is 134 Å². The number of alkyl halides is 2. The van der Waals surface area contributed by atoms with Gasteiger partial charge < -0.3 is 4.74 Å². The van der Waals surface area contributed by atoms with Crippen molar-refractivity contribution in [3.05, 3.63) is 38.6 Å². The van der Waals surface area contributed by atoms with Crippen LogP contribution in [0.25, 0.3) is 0 Å². The van der Waals surface area contributed by atoms with E-state index >= 15 is 0 Å². The Bertz CT molecular complexity index is 513. The second-order valence-electron chi connectivity index (χ2n) is 3.29. The van der Waals surface area contributed by atoms with E-state index in [2.05, 4.69) is 6.58 Å². The topological polar surface area (TPSA) is 26.3 Å². The fraction of sp³-hybridized carbons (Fsp3) is 0.182. The minimum absolute atomic E-state index is 0.0165. The average molecular weight is 366 g/mol. The van der Waals surface area contributed by atoms with E-state index in [-0.39, 0.29) is 43.7 Å². The Morgan fingerprint density at radius 1 is 1.05 bits per heavy atom. The molecule has 0 radical (unpaired) electrons. The minimum Gasteiger partial charge on any atom is -0.420 e. The van der Waals surface area contributed by atoms with Gasteiger partial charge in [-0.3, -0.25) is 0 Å². The molecule has 0 heterocycles. The number of hydrogen-bond acceptors (Lipinski definition) is 2. The number of esters is 1. The number of carbonyl (C=O) groups is 1. The summed E-state index contributed by atoms with van der Waals surface area (Å²) in [6, 6.07) is 0. The van der Waals surface area contributed by atoms with E-state index < -0.39 is 11.8 Å². The molecule has 104 valence electrons. The molecule has 8 heteroatoms. The third kappa shape index (κ3) is 3.47. The van der Waals surface area contributed by atoms with E-state index in [0.29, 0.717) is 0 Å². The molecular formula is C11H6Cl5FO2. The largest absolute Gasteiger partial charge is 0.420 e. The zero-order chi connectivity index (χ0) is 14.7. The first-order valence-electron chi connectivity index (χ1n) is 4.71. The second kappa shape index (κ2) is 7.00. The van der Waals surface area contributed by atoms with E-state index in [1.54, 1.807) is 0 Å². The highest BCUT2D eigenvalue weighted by molar-refractivity contribution is 6.49. The van der Waals surface area contributed by atoms with Crippen LogP contribution >= 0.6 is 58.0 Å². The third-order valence-corrected chi connectivity index (χ3v) is 4.09. The highest BCUT2D eigenvalue weighted by Crippen LogP contribution is 2.44. The predicted octanol–water partition coefficient (Wildman–Crippen LogP) is 5.51. The Kier molecular flexibility index (Phi) is 6.21. The molecule has 1 rings (SSSR count). The molecule has 0 aliphatic rings. The highest BCUT2D eigenvalue weighted by Gasteiger charge is 2.24. The van der Waals surface area contributed by atoms with Crippen molar-refractivity contribution in [1.29, 1.82) is 0 Å². The molecule has 0 saturated heterocycles. The van der Waals surface area contributed by atoms with Crippen molar-refractivity contribution in [3.63, 3.8) is 0 Å². The lowest BCUT2D eigenvalue weighted by molar-refractivity contribution is -0.131. The number of halogens is 6. The van der Waals surface area contributed by atoms with E-state index in [1.807, 2.05) is 0 Å². The van der Waals surface area contributed by atoms with Crippen LogP contribution in [0.2, 0.25) is 15.1 Å². The summed E-state index contributed by atoms with van der Waals surface area (Å²) in [6.07, 6.45) is 0. The van der Waals surface area contributed by atoms with E-state index in [9.17, 15) is 9.18 Å². The summed E-state index contributed by atoms with van der Waals surface area (Å²) in [4.78, 5) is 11.3. The first-order chi connectivity index (χ1) is 8.84. The van der Waals surface area contributed by atoms with Crippen molar-refractivity contribution in [2.24, 2.45) is 0 Å². The molecule has 0 aromatic heterocycles. The molecule has 0 bridgehead atoms. The molecule has 1 aromatic rings. The lowest BCUT2D eigenvalue weighted by Gasteiger charge is -2.16. The summed E-state index contributed by atoms with van der Waals surface area (Å²) in [7, 11) is 0. The van der Waals surface area contributed by atoms with Gasteiger partial charge in [0.15, 0.2) is 0 Å². The molecule has 1 aromatic carbocycles. The Hall–Kier alpha value is -0.190. The molecule has 0 aliphatic carbocycles. The molecule has 2 nitrogen and oxygen atoms in total. The smallest absolute Gasteiger partial charge is 0.371 e. The molecule has 0 saturated carbocycles. The van der Waals surface area contributed by atoms with Crippen LogP contribution in [0.1, 0.15) is 11.1 Å². The van der Waals surface area contributed by atoms with Crippen LogP contribution in [0.15, 0.2) is 12.4 Å². The number of benzene rings is 1. The van der Waals surface area contributed by atoms with Gasteiger partial charge in [-0.25, -0.2) is 4.79 Å². The van der Waals surface area contributed by atoms with Gasteiger partial charge in [0.1, 0.15) is 5.75 Å². The summed E-state index contributed by atoms with van der Waals surface area (Å²) < 4.78 is 17.5. The summed E-state index contributed by atoms with van der Waals surface area (Å²) >= 11 is 29.2. The fourth-order valence-electron chi connectivity index (χ4n) is 1.25. The first-order valence-corrected chi connectivity index (χ1v) is 6.92. The van der Waals surface area contributed by atoms with Gasteiger partial charge in [-0.15, -0.1) is 23.2 Å². The van der Waals surface area contributed by atoms with Gasteiger partial charge in [-0.05, 0) is 0 Å². The maximum absolute atomic E-state index is 12.7. The van der Waals surface area contributed by atoms with Crippen molar-refractivity contribution < 1.29 is 13.9 Å².